The van der Waals surface area contributed by atoms with Crippen LogP contribution in [0, 0.1) is 11.8 Å². The fraction of sp³-hybridized carbons (Fsp3) is 0.854. The van der Waals surface area contributed by atoms with Crippen molar-refractivity contribution in [1.29, 1.82) is 0 Å². The van der Waals surface area contributed by atoms with Crippen LogP contribution in [0.4, 0.5) is 5.69 Å². The van der Waals surface area contributed by atoms with Gasteiger partial charge in [0.2, 0.25) is 0 Å². The molecule has 1 heterocycles. The molecule has 1 saturated heterocycles. The quantitative estimate of drug-likeness (QED) is 0.142. The van der Waals surface area contributed by atoms with Gasteiger partial charge < -0.3 is 28.3 Å². The molecule has 5 rings (SSSR count). The Morgan fingerprint density at radius 3 is 1.38 bits per heavy atom. The van der Waals surface area contributed by atoms with E-state index in [0.717, 1.165) is 44.5 Å². The zero-order valence-corrected chi connectivity index (χ0v) is 47.3. The predicted molar refractivity (Wildman–Crippen MR) is 269 cm³/mol. The van der Waals surface area contributed by atoms with Crippen LogP contribution in [-0.4, -0.2) is 88.0 Å². The average molecular weight is 926 g/mol. The van der Waals surface area contributed by atoms with Crippen LogP contribution >= 0.6 is 11.6 Å². The Balaban J connectivity index is 0.000000319. The van der Waals surface area contributed by atoms with Crippen LogP contribution in [0.1, 0.15) is 128 Å². The Labute approximate surface area is 379 Å². The zero-order chi connectivity index (χ0) is 46.2. The van der Waals surface area contributed by atoms with Crippen molar-refractivity contribution in [2.24, 2.45) is 11.8 Å². The van der Waals surface area contributed by atoms with Crippen molar-refractivity contribution < 1.29 is 22.5 Å². The molecule has 4 fully saturated rings. The summed E-state index contributed by atoms with van der Waals surface area (Å²) in [4.78, 5) is 13.8. The molecule has 1 aromatic rings. The second-order valence-electron chi connectivity index (χ2n) is 24.9. The van der Waals surface area contributed by atoms with Crippen LogP contribution in [0.15, 0.2) is 30.3 Å². The Kier molecular flexibility index (Phi) is 17.3. The molecule has 0 aromatic heterocycles. The van der Waals surface area contributed by atoms with Crippen molar-refractivity contribution >= 4 is 56.3 Å². The molecule has 4 aliphatic rings. The van der Waals surface area contributed by atoms with Gasteiger partial charge >= 0.3 is 0 Å². The summed E-state index contributed by atoms with van der Waals surface area (Å²) in [5, 5.41) is 7.75. The molecular formula is C48H93ClN2O5Si4. The first kappa shape index (κ1) is 54.0. The first-order chi connectivity index (χ1) is 27.1. The third-order valence-corrected chi connectivity index (χ3v) is 34.0. The van der Waals surface area contributed by atoms with Gasteiger partial charge in [-0.15, -0.1) is 11.6 Å². The second kappa shape index (κ2) is 19.2. The fourth-order valence-electron chi connectivity index (χ4n) is 7.64. The van der Waals surface area contributed by atoms with Crippen molar-refractivity contribution in [3.8, 4) is 0 Å². The number of anilines is 1. The zero-order valence-electron chi connectivity index (χ0n) is 42.6. The number of Topliss-reactive ketones (excluding diaryl/α,β-unsaturated/α-hetero) is 1. The summed E-state index contributed by atoms with van der Waals surface area (Å²) in [6, 6.07) is 9.94. The van der Waals surface area contributed by atoms with E-state index in [1.807, 2.05) is 30.3 Å². The molecule has 1 aliphatic heterocycles. The van der Waals surface area contributed by atoms with Crippen molar-refractivity contribution in [2.45, 2.75) is 230 Å². The van der Waals surface area contributed by atoms with Crippen LogP contribution in [0.5, 0.6) is 0 Å². The van der Waals surface area contributed by atoms with E-state index in [4.69, 9.17) is 17.7 Å². The number of halogens is 1. The Bertz CT molecular complexity index is 1530. The summed E-state index contributed by atoms with van der Waals surface area (Å²) in [7, 11) is -7.71. The van der Waals surface area contributed by atoms with Gasteiger partial charge in [-0.05, 0) is 136 Å². The summed E-state index contributed by atoms with van der Waals surface area (Å²) in [6.45, 7) is 48.8. The number of benzene rings is 1. The van der Waals surface area contributed by atoms with E-state index < -0.39 is 33.3 Å². The first-order valence-corrected chi connectivity index (χ1v) is 35.7. The normalized spacial score (nSPS) is 24.4. The van der Waals surface area contributed by atoms with Gasteiger partial charge in [0.25, 0.3) is 0 Å². The summed E-state index contributed by atoms with van der Waals surface area (Å²) in [5.41, 5.74) is 0.687. The highest BCUT2D eigenvalue weighted by atomic mass is 35.5. The maximum Gasteiger partial charge on any atom is 0.192 e. The van der Waals surface area contributed by atoms with Crippen molar-refractivity contribution in [1.82, 2.24) is 5.32 Å². The lowest BCUT2D eigenvalue weighted by Gasteiger charge is -2.47. The molecule has 2 N–H and O–H groups in total. The van der Waals surface area contributed by atoms with Gasteiger partial charge in [0.05, 0.1) is 29.5 Å². The van der Waals surface area contributed by atoms with Crippen LogP contribution in [-0.2, 0) is 22.5 Å². The van der Waals surface area contributed by atoms with Gasteiger partial charge in [-0.1, -0.05) is 101 Å². The number of rotatable bonds is 14. The first-order valence-electron chi connectivity index (χ1n) is 23.3. The smallest absolute Gasteiger partial charge is 0.192 e. The van der Waals surface area contributed by atoms with Gasteiger partial charge in [0, 0.05) is 30.5 Å². The molecule has 3 saturated carbocycles. The summed E-state index contributed by atoms with van der Waals surface area (Å²) >= 11 is 4.64. The number of hydrogen-bond donors (Lipinski definition) is 2. The second-order valence-corrected chi connectivity index (χ2v) is 43.8. The van der Waals surface area contributed by atoms with Crippen LogP contribution in [0.2, 0.25) is 72.5 Å². The molecule has 5 atom stereocenters. The fourth-order valence-corrected chi connectivity index (χ4v) is 13.7. The Morgan fingerprint density at radius 1 is 0.617 bits per heavy atom. The number of ketones is 1. The highest BCUT2D eigenvalue weighted by molar-refractivity contribution is 6.75. The maximum atomic E-state index is 13.8. The SMILES string of the molecule is CC(C)(C)[Si](C)(C)OC(C1CCC(Nc2ccccc2)C1=O)C1(O[Si](C)(C)C(C)(C)C)CC1.CC(C)(C)[Si](C)(C)OC(C1CCNC1)C1(O[Si](C)(C)C(C)(C)C)CC1.CCl. The standard InChI is InChI=1S/C27H47NO3Si2.C20H43NO2Si2.CH3Cl/c1-25(2,3)32(7,8)30-24(27(18-19-27)31-33(9,10)26(4,5)6)21-16-17-22(23(21)29)28-20-14-12-11-13-15-20;1-18(2,3)24(7,8)22-17(16-11-14-21-15-16)20(12-13-20)23-25(9,10)19(4,5)6;1-2/h11-15,21-22,24,28H,16-19H2,1-10H3;16-17,21H,11-15H2,1-10H3;1H3. The molecule has 0 radical (unpaired) electrons. The van der Waals surface area contributed by atoms with Gasteiger partial charge in [-0.25, -0.2) is 0 Å². The van der Waals surface area contributed by atoms with Crippen LogP contribution in [0.3, 0.4) is 0 Å². The molecule has 0 bridgehead atoms. The van der Waals surface area contributed by atoms with E-state index in [1.165, 1.54) is 25.6 Å². The molecule has 3 aliphatic carbocycles. The molecule has 7 nitrogen and oxygen atoms in total. The average Bonchev–Trinajstić information content (AvgIpc) is 3.95. The topological polar surface area (TPSA) is 78.1 Å². The van der Waals surface area contributed by atoms with E-state index in [2.05, 4.69) is 158 Å². The summed E-state index contributed by atoms with van der Waals surface area (Å²) in [6.07, 6.45) is 8.88. The molecule has 0 spiro atoms. The molecule has 12 heteroatoms. The van der Waals surface area contributed by atoms with Crippen molar-refractivity contribution in [2.75, 3.05) is 24.8 Å². The van der Waals surface area contributed by atoms with Gasteiger partial charge in [0.15, 0.2) is 39.1 Å². The molecule has 348 valence electrons. The Morgan fingerprint density at radius 2 is 1.02 bits per heavy atom. The van der Waals surface area contributed by atoms with Crippen LogP contribution < -0.4 is 10.6 Å². The third kappa shape index (κ3) is 12.9. The number of alkyl halides is 1. The minimum absolute atomic E-state index is 0.0186. The highest BCUT2D eigenvalue weighted by Gasteiger charge is 2.63. The molecule has 60 heavy (non-hydrogen) atoms. The largest absolute Gasteiger partial charge is 0.411 e. The molecular weight excluding hydrogens is 832 g/mol. The predicted octanol–water partition coefficient (Wildman–Crippen LogP) is 13.8. The minimum Gasteiger partial charge on any atom is -0.411 e. The maximum absolute atomic E-state index is 13.8. The van der Waals surface area contributed by atoms with Gasteiger partial charge in [-0.2, -0.15) is 0 Å². The van der Waals surface area contributed by atoms with E-state index in [9.17, 15) is 4.79 Å². The summed E-state index contributed by atoms with van der Waals surface area (Å²) < 4.78 is 28.3. The number of para-hydroxylation sites is 1. The lowest BCUT2D eigenvalue weighted by atomic mass is 9.93. The molecule has 0 amide bonds. The van der Waals surface area contributed by atoms with E-state index in [-0.39, 0.29) is 55.5 Å². The van der Waals surface area contributed by atoms with E-state index in [1.54, 1.807) is 0 Å². The number of carbonyl (C=O) groups is 1. The van der Waals surface area contributed by atoms with Crippen molar-refractivity contribution in [3.05, 3.63) is 30.3 Å². The number of hydrogen-bond acceptors (Lipinski definition) is 7. The molecule has 5 unspecified atom stereocenters. The number of nitrogens with one attached hydrogen (secondary N) is 2. The lowest BCUT2D eigenvalue weighted by Crippen LogP contribution is -2.56. The molecule has 1 aromatic carbocycles. The lowest BCUT2D eigenvalue weighted by molar-refractivity contribution is -0.127. The van der Waals surface area contributed by atoms with Gasteiger partial charge in [0.1, 0.15) is 0 Å². The number of carbonyl (C=O) groups excluding carboxylic acids is 1. The summed E-state index contributed by atoms with van der Waals surface area (Å²) in [5.74, 6) is 0.793. The van der Waals surface area contributed by atoms with Gasteiger partial charge in [-0.3, -0.25) is 4.79 Å². The minimum atomic E-state index is -2.09. The van der Waals surface area contributed by atoms with E-state index in [0.29, 0.717) is 11.7 Å². The van der Waals surface area contributed by atoms with Crippen LogP contribution in [0.25, 0.3) is 0 Å². The Hall–Kier alpha value is -0.352. The van der Waals surface area contributed by atoms with E-state index >= 15 is 0 Å². The van der Waals surface area contributed by atoms with Crippen molar-refractivity contribution in [3.63, 3.8) is 0 Å². The highest BCUT2D eigenvalue weighted by Crippen LogP contribution is 2.56. The monoisotopic (exact) mass is 925 g/mol. The third-order valence-electron chi connectivity index (χ3n) is 16.0.